The van der Waals surface area contributed by atoms with E-state index in [4.69, 9.17) is 5.73 Å². The van der Waals surface area contributed by atoms with Gasteiger partial charge in [0.1, 0.15) is 11.4 Å². The number of carbonyl (C=O) groups excluding carboxylic acids is 3. The van der Waals surface area contributed by atoms with Crippen molar-refractivity contribution in [2.45, 2.75) is 25.4 Å². The molecule has 0 radical (unpaired) electrons. The monoisotopic (exact) mass is 400 g/mol. The van der Waals surface area contributed by atoms with E-state index >= 15 is 0 Å². The molecule has 3 N–H and O–H groups in total. The second-order valence-corrected chi connectivity index (χ2v) is 6.55. The molecule has 1 aliphatic heterocycles. The molecule has 0 aliphatic carbocycles. The van der Waals surface area contributed by atoms with Gasteiger partial charge in [0.2, 0.25) is 5.91 Å². The van der Waals surface area contributed by atoms with E-state index in [9.17, 15) is 28.9 Å². The number of nitrogens with two attached hydrogens (primary N) is 1. The molecule has 0 aromatic heterocycles. The van der Waals surface area contributed by atoms with Crippen LogP contribution in [0.25, 0.3) is 0 Å². The van der Waals surface area contributed by atoms with Gasteiger partial charge < -0.3 is 11.1 Å². The molecular weight excluding hydrogens is 383 g/mol. The van der Waals surface area contributed by atoms with Crippen LogP contribution in [-0.2, 0) is 16.9 Å². The molecule has 0 spiro atoms. The maximum absolute atomic E-state index is 13.3. The molecule has 3 rings (SSSR count). The van der Waals surface area contributed by atoms with Crippen molar-refractivity contribution in [1.29, 1.82) is 0 Å². The molecule has 1 unspecified atom stereocenters. The molecule has 1 fully saturated rings. The standard InChI is InChI=1S/C19H17FN4O5/c1-2-19(13-5-7-14(20)8-6-13)17(26)23(18(27)22-19)10-12-4-3-11(16(21)25)9-15(12)24(28)29/h3-9H,2,10H2,1H3,(H2,21,25)(H,22,27). The Hall–Kier alpha value is -3.82. The number of urea groups is 1. The molecule has 1 heterocycles. The summed E-state index contributed by atoms with van der Waals surface area (Å²) in [6.45, 7) is 1.32. The van der Waals surface area contributed by atoms with Crippen LogP contribution in [0.5, 0.6) is 0 Å². The fourth-order valence-electron chi connectivity index (χ4n) is 3.33. The lowest BCUT2D eigenvalue weighted by Gasteiger charge is -2.25. The highest BCUT2D eigenvalue weighted by atomic mass is 19.1. The van der Waals surface area contributed by atoms with Crippen LogP contribution >= 0.6 is 0 Å². The van der Waals surface area contributed by atoms with Crippen molar-refractivity contribution in [1.82, 2.24) is 10.2 Å². The van der Waals surface area contributed by atoms with Crippen LogP contribution in [0.4, 0.5) is 14.9 Å². The van der Waals surface area contributed by atoms with E-state index in [-0.39, 0.29) is 24.1 Å². The van der Waals surface area contributed by atoms with Gasteiger partial charge in [0.25, 0.3) is 11.6 Å². The van der Waals surface area contributed by atoms with Crippen molar-refractivity contribution in [2.24, 2.45) is 5.73 Å². The predicted molar refractivity (Wildman–Crippen MR) is 99.1 cm³/mol. The minimum atomic E-state index is -1.40. The number of primary amides is 1. The Morgan fingerprint density at radius 1 is 1.24 bits per heavy atom. The first-order valence-corrected chi connectivity index (χ1v) is 8.67. The summed E-state index contributed by atoms with van der Waals surface area (Å²) in [5.41, 5.74) is 3.73. The number of nitro benzene ring substituents is 1. The third kappa shape index (κ3) is 3.40. The number of benzene rings is 2. The maximum Gasteiger partial charge on any atom is 0.325 e. The lowest BCUT2D eigenvalue weighted by atomic mass is 9.87. The average molecular weight is 400 g/mol. The lowest BCUT2D eigenvalue weighted by Crippen LogP contribution is -2.43. The number of rotatable bonds is 6. The summed E-state index contributed by atoms with van der Waals surface area (Å²) >= 11 is 0. The number of nitro groups is 1. The second-order valence-electron chi connectivity index (χ2n) is 6.55. The van der Waals surface area contributed by atoms with Crippen LogP contribution in [0.2, 0.25) is 0 Å². The van der Waals surface area contributed by atoms with Gasteiger partial charge >= 0.3 is 6.03 Å². The summed E-state index contributed by atoms with van der Waals surface area (Å²) in [5, 5.41) is 14.0. The third-order valence-corrected chi connectivity index (χ3v) is 4.94. The molecule has 150 valence electrons. The molecule has 0 bridgehead atoms. The predicted octanol–water partition coefficient (Wildman–Crippen LogP) is 2.19. The molecule has 1 atom stereocenters. The number of hydrogen-bond acceptors (Lipinski definition) is 5. The number of nitrogens with zero attached hydrogens (tertiary/aromatic N) is 2. The van der Waals surface area contributed by atoms with E-state index in [1.807, 2.05) is 0 Å². The van der Waals surface area contributed by atoms with Crippen LogP contribution < -0.4 is 11.1 Å². The second kappa shape index (κ2) is 7.30. The van der Waals surface area contributed by atoms with Crippen molar-refractivity contribution < 1.29 is 23.7 Å². The molecule has 29 heavy (non-hydrogen) atoms. The van der Waals surface area contributed by atoms with Crippen molar-refractivity contribution >= 4 is 23.5 Å². The quantitative estimate of drug-likeness (QED) is 0.435. The van der Waals surface area contributed by atoms with Crippen molar-refractivity contribution in [3.8, 4) is 0 Å². The van der Waals surface area contributed by atoms with Gasteiger partial charge in [-0.2, -0.15) is 0 Å². The van der Waals surface area contributed by atoms with Gasteiger partial charge in [-0.05, 0) is 36.2 Å². The molecule has 1 saturated heterocycles. The smallest absolute Gasteiger partial charge is 0.325 e. The zero-order chi connectivity index (χ0) is 21.3. The topological polar surface area (TPSA) is 136 Å². The van der Waals surface area contributed by atoms with E-state index in [2.05, 4.69) is 5.32 Å². The minimum absolute atomic E-state index is 0.0631. The van der Waals surface area contributed by atoms with Gasteiger partial charge in [-0.15, -0.1) is 0 Å². The zero-order valence-corrected chi connectivity index (χ0v) is 15.3. The summed E-state index contributed by atoms with van der Waals surface area (Å²) in [5.74, 6) is -1.93. The molecule has 10 heteroatoms. The Morgan fingerprint density at radius 3 is 2.45 bits per heavy atom. The molecular formula is C19H17FN4O5. The highest BCUT2D eigenvalue weighted by Crippen LogP contribution is 2.34. The van der Waals surface area contributed by atoms with Gasteiger partial charge in [-0.1, -0.05) is 19.1 Å². The normalized spacial score (nSPS) is 18.6. The Kier molecular flexibility index (Phi) is 5.02. The molecule has 2 aromatic carbocycles. The summed E-state index contributed by atoms with van der Waals surface area (Å²) in [7, 11) is 0. The third-order valence-electron chi connectivity index (χ3n) is 4.94. The lowest BCUT2D eigenvalue weighted by molar-refractivity contribution is -0.385. The highest BCUT2D eigenvalue weighted by molar-refractivity contribution is 6.07. The Bertz CT molecular complexity index is 1020. The number of nitrogens with one attached hydrogen (secondary N) is 1. The minimum Gasteiger partial charge on any atom is -0.366 e. The fourth-order valence-corrected chi connectivity index (χ4v) is 3.33. The van der Waals surface area contributed by atoms with Crippen molar-refractivity contribution in [2.75, 3.05) is 0 Å². The Morgan fingerprint density at radius 2 is 1.90 bits per heavy atom. The maximum atomic E-state index is 13.3. The zero-order valence-electron chi connectivity index (χ0n) is 15.3. The van der Waals surface area contributed by atoms with Gasteiger partial charge in [0.05, 0.1) is 11.5 Å². The van der Waals surface area contributed by atoms with E-state index in [0.717, 1.165) is 11.0 Å². The Balaban J connectivity index is 1.98. The average Bonchev–Trinajstić information content (AvgIpc) is 2.93. The van der Waals surface area contributed by atoms with E-state index in [0.29, 0.717) is 5.56 Å². The Labute approximate surface area is 164 Å². The van der Waals surface area contributed by atoms with E-state index < -0.39 is 39.8 Å². The highest BCUT2D eigenvalue weighted by Gasteiger charge is 2.51. The summed E-state index contributed by atoms with van der Waals surface area (Å²) in [6.07, 6.45) is 0.197. The number of carbonyl (C=O) groups is 3. The SMILES string of the molecule is CCC1(c2ccc(F)cc2)NC(=O)N(Cc2ccc(C(N)=O)cc2[N+](=O)[O-])C1=O. The van der Waals surface area contributed by atoms with Crippen LogP contribution in [0.15, 0.2) is 42.5 Å². The summed E-state index contributed by atoms with van der Waals surface area (Å²) < 4.78 is 13.3. The molecule has 4 amide bonds. The molecule has 9 nitrogen and oxygen atoms in total. The van der Waals surface area contributed by atoms with Gasteiger partial charge in [-0.25, -0.2) is 9.18 Å². The van der Waals surface area contributed by atoms with E-state index in [1.165, 1.54) is 36.4 Å². The molecule has 2 aromatic rings. The number of imide groups is 1. The summed E-state index contributed by atoms with van der Waals surface area (Å²) in [6, 6.07) is 8.02. The van der Waals surface area contributed by atoms with Crippen LogP contribution in [-0.4, -0.2) is 27.7 Å². The number of amides is 4. The van der Waals surface area contributed by atoms with Gasteiger partial charge in [-0.3, -0.25) is 24.6 Å². The van der Waals surface area contributed by atoms with Crippen LogP contribution in [0, 0.1) is 15.9 Å². The van der Waals surface area contributed by atoms with Gasteiger partial charge in [0, 0.05) is 17.2 Å². The largest absolute Gasteiger partial charge is 0.366 e. The van der Waals surface area contributed by atoms with E-state index in [1.54, 1.807) is 6.92 Å². The fraction of sp³-hybridized carbons (Fsp3) is 0.211. The van der Waals surface area contributed by atoms with Crippen molar-refractivity contribution in [3.05, 3.63) is 75.1 Å². The first-order chi connectivity index (χ1) is 13.7. The number of hydrogen-bond donors (Lipinski definition) is 2. The van der Waals surface area contributed by atoms with Crippen LogP contribution in [0.1, 0.15) is 34.8 Å². The molecule has 0 saturated carbocycles. The first-order valence-electron chi connectivity index (χ1n) is 8.67. The van der Waals surface area contributed by atoms with Crippen LogP contribution in [0.3, 0.4) is 0 Å². The van der Waals surface area contributed by atoms with Crippen molar-refractivity contribution in [3.63, 3.8) is 0 Å². The summed E-state index contributed by atoms with van der Waals surface area (Å²) in [4.78, 5) is 48.5. The number of halogens is 1. The first kappa shape index (κ1) is 19.9. The van der Waals surface area contributed by atoms with Gasteiger partial charge in [0.15, 0.2) is 0 Å². The molecule has 1 aliphatic rings.